The van der Waals surface area contributed by atoms with Crippen LogP contribution in [0.3, 0.4) is 0 Å². The Balaban J connectivity index is 1.65. The van der Waals surface area contributed by atoms with Gasteiger partial charge in [0.1, 0.15) is 11.5 Å². The Morgan fingerprint density at radius 2 is 1.96 bits per heavy atom. The highest BCUT2D eigenvalue weighted by Crippen LogP contribution is 2.36. The summed E-state index contributed by atoms with van der Waals surface area (Å²) in [5.41, 5.74) is 2.36. The molecule has 0 aromatic carbocycles. The minimum Gasteiger partial charge on any atom is -0.355 e. The summed E-state index contributed by atoms with van der Waals surface area (Å²) < 4.78 is 39.4. The molecular formula is C20H20F3N3. The molecule has 1 fully saturated rings. The molecule has 0 atom stereocenters. The molecule has 1 aromatic heterocycles. The third-order valence-corrected chi connectivity index (χ3v) is 4.43. The summed E-state index contributed by atoms with van der Waals surface area (Å²) in [5, 5.41) is 0. The van der Waals surface area contributed by atoms with Crippen LogP contribution in [0.1, 0.15) is 38.2 Å². The maximum absolute atomic E-state index is 13.1. The summed E-state index contributed by atoms with van der Waals surface area (Å²) in [4.78, 5) is 10.1. The third-order valence-electron chi connectivity index (χ3n) is 4.43. The van der Waals surface area contributed by atoms with E-state index in [0.717, 1.165) is 35.9 Å². The molecule has 2 aliphatic rings. The Morgan fingerprint density at radius 3 is 2.65 bits per heavy atom. The second-order valence-electron chi connectivity index (χ2n) is 6.41. The average molecular weight is 359 g/mol. The van der Waals surface area contributed by atoms with E-state index in [1.54, 1.807) is 4.90 Å². The van der Waals surface area contributed by atoms with E-state index < -0.39 is 11.7 Å². The first-order chi connectivity index (χ1) is 12.4. The average Bonchev–Trinajstić information content (AvgIpc) is 2.62. The number of nitrogens with zero attached hydrogens (tertiary/aromatic N) is 3. The monoisotopic (exact) mass is 359 g/mol. The molecule has 136 valence electrons. The highest BCUT2D eigenvalue weighted by atomic mass is 19.4. The number of aliphatic imine (C=N–C) groups is 1. The topological polar surface area (TPSA) is 28.5 Å². The fourth-order valence-electron chi connectivity index (χ4n) is 3.04. The van der Waals surface area contributed by atoms with Gasteiger partial charge in [-0.15, -0.1) is 0 Å². The van der Waals surface area contributed by atoms with E-state index in [1.165, 1.54) is 12.3 Å². The van der Waals surface area contributed by atoms with Crippen LogP contribution in [-0.2, 0) is 6.18 Å². The highest BCUT2D eigenvalue weighted by molar-refractivity contribution is 5.84. The number of allylic oxidation sites excluding steroid dienone is 3. The molecule has 2 aliphatic heterocycles. The number of piperidine rings is 1. The van der Waals surface area contributed by atoms with Crippen molar-refractivity contribution >= 4 is 11.5 Å². The van der Waals surface area contributed by atoms with Crippen molar-refractivity contribution in [3.8, 4) is 11.8 Å². The van der Waals surface area contributed by atoms with Crippen molar-refractivity contribution in [2.75, 3.05) is 18.0 Å². The van der Waals surface area contributed by atoms with Crippen LogP contribution >= 0.6 is 0 Å². The van der Waals surface area contributed by atoms with Crippen LogP contribution in [0.5, 0.6) is 0 Å². The highest BCUT2D eigenvalue weighted by Gasteiger charge is 2.36. The second kappa shape index (κ2) is 7.77. The Labute approximate surface area is 151 Å². The molecule has 0 spiro atoms. The Kier molecular flexibility index (Phi) is 5.46. The number of hydrogen-bond donors (Lipinski definition) is 0. The Hall–Kier alpha value is -2.55. The smallest absolute Gasteiger partial charge is 0.355 e. The van der Waals surface area contributed by atoms with Crippen LogP contribution in [0.2, 0.25) is 0 Å². The van der Waals surface area contributed by atoms with Crippen LogP contribution in [0.25, 0.3) is 0 Å². The molecule has 26 heavy (non-hydrogen) atoms. The van der Waals surface area contributed by atoms with Crippen molar-refractivity contribution in [3.63, 3.8) is 0 Å². The lowest BCUT2D eigenvalue weighted by atomic mass is 10.0. The normalized spacial score (nSPS) is 17.8. The van der Waals surface area contributed by atoms with Gasteiger partial charge in [0.2, 0.25) is 0 Å². The van der Waals surface area contributed by atoms with Crippen LogP contribution in [0.4, 0.5) is 19.0 Å². The van der Waals surface area contributed by atoms with Gasteiger partial charge in [-0.25, -0.2) is 9.98 Å². The SMILES string of the molecule is CC1=NC(C#CC=C2CCN(c3ncccc3C(F)(F)F)CC2)=CCC1. The molecule has 3 nitrogen and oxygen atoms in total. The lowest BCUT2D eigenvalue weighted by molar-refractivity contribution is -0.137. The largest absolute Gasteiger partial charge is 0.419 e. The van der Waals surface area contributed by atoms with E-state index in [9.17, 15) is 13.2 Å². The fraction of sp³-hybridized carbons (Fsp3) is 0.400. The number of hydrogen-bond acceptors (Lipinski definition) is 3. The maximum atomic E-state index is 13.1. The molecule has 0 radical (unpaired) electrons. The summed E-state index contributed by atoms with van der Waals surface area (Å²) in [7, 11) is 0. The number of pyridine rings is 1. The predicted octanol–water partition coefficient (Wildman–Crippen LogP) is 4.77. The van der Waals surface area contributed by atoms with Crippen molar-refractivity contribution in [2.45, 2.75) is 38.8 Å². The molecule has 3 rings (SSSR count). The summed E-state index contributed by atoms with van der Waals surface area (Å²) in [6, 6.07) is 2.40. The molecule has 1 saturated heterocycles. The Morgan fingerprint density at radius 1 is 1.19 bits per heavy atom. The summed E-state index contributed by atoms with van der Waals surface area (Å²) in [6.07, 6.45) is 4.24. The van der Waals surface area contributed by atoms with Gasteiger partial charge in [0.25, 0.3) is 0 Å². The van der Waals surface area contributed by atoms with Crippen molar-refractivity contribution < 1.29 is 13.2 Å². The standard InChI is InChI=1S/C20H20F3N3/c1-15-5-2-7-17(25-15)8-3-6-16-10-13-26(14-11-16)19-18(20(21,22)23)9-4-12-24-19/h4,6-7,9,12H,2,5,10-11,13-14H2,1H3. The van der Waals surface area contributed by atoms with Gasteiger partial charge in [-0.1, -0.05) is 11.5 Å². The molecule has 0 amide bonds. The van der Waals surface area contributed by atoms with E-state index >= 15 is 0 Å². The van der Waals surface area contributed by atoms with Crippen molar-refractivity contribution in [3.05, 3.63) is 47.3 Å². The summed E-state index contributed by atoms with van der Waals surface area (Å²) in [5.74, 6) is 6.09. The maximum Gasteiger partial charge on any atom is 0.419 e. The van der Waals surface area contributed by atoms with Crippen molar-refractivity contribution in [1.82, 2.24) is 4.98 Å². The van der Waals surface area contributed by atoms with Gasteiger partial charge in [-0.3, -0.25) is 0 Å². The van der Waals surface area contributed by atoms with Crippen LogP contribution in [-0.4, -0.2) is 23.8 Å². The first-order valence-corrected chi connectivity index (χ1v) is 8.64. The minimum atomic E-state index is -4.39. The van der Waals surface area contributed by atoms with E-state index in [-0.39, 0.29) is 5.82 Å². The molecule has 0 saturated carbocycles. The second-order valence-corrected chi connectivity index (χ2v) is 6.41. The third kappa shape index (κ3) is 4.54. The van der Waals surface area contributed by atoms with Crippen LogP contribution in [0, 0.1) is 11.8 Å². The minimum absolute atomic E-state index is 0.0160. The lowest BCUT2D eigenvalue weighted by Gasteiger charge is -2.30. The number of aromatic nitrogens is 1. The molecule has 0 unspecified atom stereocenters. The molecule has 1 aromatic rings. The van der Waals surface area contributed by atoms with E-state index in [0.29, 0.717) is 25.9 Å². The van der Waals surface area contributed by atoms with Gasteiger partial charge >= 0.3 is 6.18 Å². The fourth-order valence-corrected chi connectivity index (χ4v) is 3.04. The van der Waals surface area contributed by atoms with Gasteiger partial charge in [0.05, 0.1) is 5.56 Å². The number of alkyl halides is 3. The lowest BCUT2D eigenvalue weighted by Crippen LogP contribution is -2.33. The van der Waals surface area contributed by atoms with E-state index in [1.807, 2.05) is 19.1 Å². The molecular weight excluding hydrogens is 339 g/mol. The van der Waals surface area contributed by atoms with Gasteiger partial charge in [-0.05, 0) is 62.8 Å². The van der Waals surface area contributed by atoms with Crippen LogP contribution < -0.4 is 4.90 Å². The van der Waals surface area contributed by atoms with Gasteiger partial charge < -0.3 is 4.90 Å². The van der Waals surface area contributed by atoms with Gasteiger partial charge in [0.15, 0.2) is 0 Å². The molecule has 0 N–H and O–H groups in total. The van der Waals surface area contributed by atoms with Crippen molar-refractivity contribution in [1.29, 1.82) is 0 Å². The summed E-state index contributed by atoms with van der Waals surface area (Å²) >= 11 is 0. The number of anilines is 1. The molecule has 0 aliphatic carbocycles. The summed E-state index contributed by atoms with van der Waals surface area (Å²) in [6.45, 7) is 3.01. The van der Waals surface area contributed by atoms with Crippen LogP contribution in [0.15, 0.2) is 46.7 Å². The zero-order valence-electron chi connectivity index (χ0n) is 14.6. The van der Waals surface area contributed by atoms with E-state index in [2.05, 4.69) is 21.8 Å². The van der Waals surface area contributed by atoms with Gasteiger partial charge in [-0.2, -0.15) is 13.2 Å². The molecule has 0 bridgehead atoms. The zero-order valence-corrected chi connectivity index (χ0v) is 14.6. The molecule has 3 heterocycles. The zero-order chi connectivity index (χ0) is 18.6. The number of halogens is 3. The molecule has 6 heteroatoms. The van der Waals surface area contributed by atoms with E-state index in [4.69, 9.17) is 0 Å². The Bertz CT molecular complexity index is 813. The van der Waals surface area contributed by atoms with Crippen molar-refractivity contribution in [2.24, 2.45) is 4.99 Å². The predicted molar refractivity (Wildman–Crippen MR) is 97.0 cm³/mol. The quantitative estimate of drug-likeness (QED) is 0.676. The first kappa shape index (κ1) is 18.2. The first-order valence-electron chi connectivity index (χ1n) is 8.64. The van der Waals surface area contributed by atoms with Gasteiger partial charge in [0, 0.05) is 25.0 Å². The number of rotatable bonds is 1.